The molecule has 0 spiro atoms. The fraction of sp³-hybridized carbons (Fsp3) is 0.333. The van der Waals surface area contributed by atoms with E-state index in [2.05, 4.69) is 52.1 Å². The summed E-state index contributed by atoms with van der Waals surface area (Å²) in [4.78, 5) is 4.37. The molecule has 0 fully saturated rings. The fourth-order valence-electron chi connectivity index (χ4n) is 2.41. The summed E-state index contributed by atoms with van der Waals surface area (Å²) in [6, 6.07) is 8.55. The minimum Gasteiger partial charge on any atom is -0.339 e. The lowest BCUT2D eigenvalue weighted by Gasteiger charge is -2.06. The molecule has 1 aromatic carbocycles. The molecule has 0 unspecified atom stereocenters. The summed E-state index contributed by atoms with van der Waals surface area (Å²) < 4.78 is 7.35. The fourth-order valence-corrected chi connectivity index (χ4v) is 2.41. The number of hydrogen-bond acceptors (Lipinski definition) is 3. The standard InChI is InChI=1S/C15H17N3O/c1-3-11-6-5-7-12-8-9-18(15(11)12)10-13-16-14(4-2)19-17-13/h5-9H,3-4,10H2,1-2H3. The van der Waals surface area contributed by atoms with Crippen LogP contribution in [0.1, 0.15) is 31.1 Å². The summed E-state index contributed by atoms with van der Waals surface area (Å²) in [5.41, 5.74) is 2.62. The molecule has 0 amide bonds. The maximum absolute atomic E-state index is 5.16. The minimum absolute atomic E-state index is 0.657. The van der Waals surface area contributed by atoms with Crippen molar-refractivity contribution in [2.45, 2.75) is 33.2 Å². The van der Waals surface area contributed by atoms with Crippen molar-refractivity contribution >= 4 is 10.9 Å². The van der Waals surface area contributed by atoms with Crippen LogP contribution in [0.5, 0.6) is 0 Å². The molecule has 3 rings (SSSR count). The molecule has 19 heavy (non-hydrogen) atoms. The Morgan fingerprint density at radius 3 is 2.79 bits per heavy atom. The third kappa shape index (κ3) is 2.14. The zero-order chi connectivity index (χ0) is 13.2. The third-order valence-electron chi connectivity index (χ3n) is 3.38. The van der Waals surface area contributed by atoms with Crippen LogP contribution in [0.3, 0.4) is 0 Å². The van der Waals surface area contributed by atoms with E-state index in [-0.39, 0.29) is 0 Å². The number of benzene rings is 1. The molecular formula is C15H17N3O. The maximum atomic E-state index is 5.16. The topological polar surface area (TPSA) is 43.9 Å². The molecule has 2 aromatic heterocycles. The van der Waals surface area contributed by atoms with Crippen molar-refractivity contribution in [3.63, 3.8) is 0 Å². The molecule has 2 heterocycles. The first-order valence-electron chi connectivity index (χ1n) is 6.70. The molecule has 0 atom stereocenters. The molecule has 0 aliphatic heterocycles. The summed E-state index contributed by atoms with van der Waals surface area (Å²) >= 11 is 0. The number of rotatable bonds is 4. The SMILES string of the molecule is CCc1nc(Cn2ccc3cccc(CC)c32)no1. The van der Waals surface area contributed by atoms with Crippen LogP contribution in [0.4, 0.5) is 0 Å². The molecule has 0 radical (unpaired) electrons. The van der Waals surface area contributed by atoms with Gasteiger partial charge in [-0.25, -0.2) is 0 Å². The summed E-state index contributed by atoms with van der Waals surface area (Å²) in [7, 11) is 0. The van der Waals surface area contributed by atoms with E-state index in [1.54, 1.807) is 0 Å². The van der Waals surface area contributed by atoms with Gasteiger partial charge in [0, 0.05) is 12.6 Å². The van der Waals surface area contributed by atoms with Gasteiger partial charge in [0.1, 0.15) is 0 Å². The molecule has 0 aliphatic carbocycles. The van der Waals surface area contributed by atoms with Crippen LogP contribution in [-0.4, -0.2) is 14.7 Å². The van der Waals surface area contributed by atoms with E-state index in [0.29, 0.717) is 12.4 Å². The number of aryl methyl sites for hydroxylation is 2. The Kier molecular flexibility index (Phi) is 3.07. The van der Waals surface area contributed by atoms with E-state index in [9.17, 15) is 0 Å². The van der Waals surface area contributed by atoms with Gasteiger partial charge in [0.15, 0.2) is 5.82 Å². The van der Waals surface area contributed by atoms with Crippen LogP contribution < -0.4 is 0 Å². The second-order valence-electron chi connectivity index (χ2n) is 4.61. The Morgan fingerprint density at radius 2 is 2.05 bits per heavy atom. The van der Waals surface area contributed by atoms with Gasteiger partial charge in [-0.1, -0.05) is 37.2 Å². The number of fused-ring (bicyclic) bond motifs is 1. The van der Waals surface area contributed by atoms with E-state index in [0.717, 1.165) is 18.7 Å². The van der Waals surface area contributed by atoms with Crippen LogP contribution in [0.2, 0.25) is 0 Å². The second kappa shape index (κ2) is 4.88. The van der Waals surface area contributed by atoms with Crippen LogP contribution >= 0.6 is 0 Å². The Hall–Kier alpha value is -2.10. The number of para-hydroxylation sites is 1. The molecule has 4 nitrogen and oxygen atoms in total. The van der Waals surface area contributed by atoms with Crippen LogP contribution in [0.15, 0.2) is 35.0 Å². The van der Waals surface area contributed by atoms with Crippen molar-refractivity contribution in [1.82, 2.24) is 14.7 Å². The van der Waals surface area contributed by atoms with Gasteiger partial charge in [-0.05, 0) is 23.4 Å². The van der Waals surface area contributed by atoms with Gasteiger partial charge in [-0.3, -0.25) is 0 Å². The van der Waals surface area contributed by atoms with Crippen molar-refractivity contribution in [2.75, 3.05) is 0 Å². The van der Waals surface area contributed by atoms with Crippen molar-refractivity contribution in [3.05, 3.63) is 47.7 Å². The quantitative estimate of drug-likeness (QED) is 0.719. The predicted octanol–water partition coefficient (Wildman–Crippen LogP) is 3.20. The van der Waals surface area contributed by atoms with Crippen molar-refractivity contribution < 1.29 is 4.52 Å². The lowest BCUT2D eigenvalue weighted by Crippen LogP contribution is -2.01. The highest BCUT2D eigenvalue weighted by molar-refractivity contribution is 5.83. The Balaban J connectivity index is 2.00. The molecular weight excluding hydrogens is 238 g/mol. The monoisotopic (exact) mass is 255 g/mol. The van der Waals surface area contributed by atoms with Crippen molar-refractivity contribution in [2.24, 2.45) is 0 Å². The second-order valence-corrected chi connectivity index (χ2v) is 4.61. The number of hydrogen-bond donors (Lipinski definition) is 0. The first kappa shape index (κ1) is 12.0. The van der Waals surface area contributed by atoms with Crippen LogP contribution in [-0.2, 0) is 19.4 Å². The summed E-state index contributed by atoms with van der Waals surface area (Å²) in [5, 5.41) is 5.28. The van der Waals surface area contributed by atoms with E-state index in [1.165, 1.54) is 16.5 Å². The smallest absolute Gasteiger partial charge is 0.226 e. The Morgan fingerprint density at radius 1 is 1.16 bits per heavy atom. The zero-order valence-electron chi connectivity index (χ0n) is 11.3. The number of nitrogens with zero attached hydrogens (tertiary/aromatic N) is 3. The van der Waals surface area contributed by atoms with Gasteiger partial charge in [0.25, 0.3) is 0 Å². The van der Waals surface area contributed by atoms with E-state index < -0.39 is 0 Å². The zero-order valence-corrected chi connectivity index (χ0v) is 11.3. The van der Waals surface area contributed by atoms with E-state index in [4.69, 9.17) is 4.52 Å². The molecule has 0 aliphatic rings. The van der Waals surface area contributed by atoms with Crippen LogP contribution in [0, 0.1) is 0 Å². The molecule has 98 valence electrons. The largest absolute Gasteiger partial charge is 0.339 e. The Bertz CT molecular complexity index is 696. The van der Waals surface area contributed by atoms with Gasteiger partial charge in [-0.15, -0.1) is 0 Å². The highest BCUT2D eigenvalue weighted by Crippen LogP contribution is 2.21. The highest BCUT2D eigenvalue weighted by atomic mass is 16.5. The first-order chi connectivity index (χ1) is 9.31. The summed E-state index contributed by atoms with van der Waals surface area (Å²) in [6.45, 7) is 4.84. The molecule has 0 saturated carbocycles. The van der Waals surface area contributed by atoms with Gasteiger partial charge < -0.3 is 9.09 Å². The van der Waals surface area contributed by atoms with E-state index >= 15 is 0 Å². The Labute approximate surface area is 112 Å². The highest BCUT2D eigenvalue weighted by Gasteiger charge is 2.09. The number of aromatic nitrogens is 3. The van der Waals surface area contributed by atoms with Crippen molar-refractivity contribution in [1.29, 1.82) is 0 Å². The molecule has 0 bridgehead atoms. The molecule has 4 heteroatoms. The normalized spacial score (nSPS) is 11.3. The third-order valence-corrected chi connectivity index (χ3v) is 3.38. The maximum Gasteiger partial charge on any atom is 0.226 e. The summed E-state index contributed by atoms with van der Waals surface area (Å²) in [5.74, 6) is 1.43. The van der Waals surface area contributed by atoms with Gasteiger partial charge in [0.05, 0.1) is 12.1 Å². The van der Waals surface area contributed by atoms with Crippen molar-refractivity contribution in [3.8, 4) is 0 Å². The average Bonchev–Trinajstić information content (AvgIpc) is 3.06. The van der Waals surface area contributed by atoms with Gasteiger partial charge >= 0.3 is 0 Å². The average molecular weight is 255 g/mol. The van der Waals surface area contributed by atoms with Gasteiger partial charge in [0.2, 0.25) is 5.89 Å². The lowest BCUT2D eigenvalue weighted by atomic mass is 10.1. The first-order valence-corrected chi connectivity index (χ1v) is 6.70. The lowest BCUT2D eigenvalue weighted by molar-refractivity contribution is 0.375. The van der Waals surface area contributed by atoms with E-state index in [1.807, 2.05) is 6.92 Å². The molecule has 0 N–H and O–H groups in total. The molecule has 3 aromatic rings. The van der Waals surface area contributed by atoms with Crippen LogP contribution in [0.25, 0.3) is 10.9 Å². The predicted molar refractivity (Wildman–Crippen MR) is 74.1 cm³/mol. The summed E-state index contributed by atoms with van der Waals surface area (Å²) in [6.07, 6.45) is 3.89. The minimum atomic E-state index is 0.657. The molecule has 0 saturated heterocycles. The van der Waals surface area contributed by atoms with Gasteiger partial charge in [-0.2, -0.15) is 4.98 Å².